The van der Waals surface area contributed by atoms with Crippen LogP contribution in [0.15, 0.2) is 9.47 Å². The van der Waals surface area contributed by atoms with Gasteiger partial charge in [0.25, 0.3) is 0 Å². The van der Waals surface area contributed by atoms with Crippen LogP contribution in [-0.2, 0) is 0 Å². The third-order valence-electron chi connectivity index (χ3n) is 1.91. The number of aromatic nitrogens is 3. The second kappa shape index (κ2) is 5.21. The fourth-order valence-corrected chi connectivity index (χ4v) is 2.38. The molecule has 0 aliphatic heterocycles. The normalized spacial score (nSPS) is 11.2. The van der Waals surface area contributed by atoms with E-state index in [4.69, 9.17) is 0 Å². The van der Waals surface area contributed by atoms with Crippen molar-refractivity contribution in [3.8, 4) is 0 Å². The van der Waals surface area contributed by atoms with Crippen molar-refractivity contribution in [2.75, 3.05) is 4.90 Å². The van der Waals surface area contributed by atoms with Crippen molar-refractivity contribution in [2.45, 2.75) is 39.8 Å². The third kappa shape index (κ3) is 3.38. The Bertz CT molecular complexity index is 313. The van der Waals surface area contributed by atoms with Gasteiger partial charge >= 0.3 is 0 Å². The highest BCUT2D eigenvalue weighted by molar-refractivity contribution is 9.11. The number of anilines is 1. The molecule has 0 amide bonds. The van der Waals surface area contributed by atoms with Crippen molar-refractivity contribution in [3.05, 3.63) is 9.47 Å². The van der Waals surface area contributed by atoms with E-state index in [0.717, 1.165) is 0 Å². The van der Waals surface area contributed by atoms with E-state index in [-0.39, 0.29) is 0 Å². The molecule has 0 fully saturated rings. The summed E-state index contributed by atoms with van der Waals surface area (Å²) in [5.74, 6) is 0.689. The first kappa shape index (κ1) is 12.8. The van der Waals surface area contributed by atoms with Crippen molar-refractivity contribution in [2.24, 2.45) is 0 Å². The molecule has 0 radical (unpaired) electrons. The Labute approximate surface area is 107 Å². The third-order valence-corrected chi connectivity index (χ3v) is 2.62. The molecule has 84 valence electrons. The van der Waals surface area contributed by atoms with Crippen molar-refractivity contribution < 1.29 is 0 Å². The van der Waals surface area contributed by atoms with Gasteiger partial charge in [-0.3, -0.25) is 0 Å². The number of halogens is 2. The van der Waals surface area contributed by atoms with E-state index < -0.39 is 0 Å². The Morgan fingerprint density at radius 1 is 0.867 bits per heavy atom. The number of nitrogens with zero attached hydrogens (tertiary/aromatic N) is 4. The van der Waals surface area contributed by atoms with Gasteiger partial charge in [-0.2, -0.15) is 15.0 Å². The van der Waals surface area contributed by atoms with E-state index in [9.17, 15) is 0 Å². The first-order chi connectivity index (χ1) is 6.91. The van der Waals surface area contributed by atoms with Gasteiger partial charge in [0.15, 0.2) is 0 Å². The van der Waals surface area contributed by atoms with Gasteiger partial charge in [-0.05, 0) is 59.6 Å². The maximum atomic E-state index is 4.27. The fourth-order valence-electron chi connectivity index (χ4n) is 1.49. The Morgan fingerprint density at radius 3 is 1.60 bits per heavy atom. The lowest BCUT2D eigenvalue weighted by molar-refractivity contribution is 0.587. The molecule has 0 aliphatic carbocycles. The Balaban J connectivity index is 3.11. The lowest BCUT2D eigenvalue weighted by Crippen LogP contribution is -2.38. The molecule has 15 heavy (non-hydrogen) atoms. The maximum absolute atomic E-state index is 4.27. The van der Waals surface area contributed by atoms with Gasteiger partial charge in [0.1, 0.15) is 0 Å². The minimum atomic E-state index is 0.353. The van der Waals surface area contributed by atoms with Crippen LogP contribution < -0.4 is 4.90 Å². The predicted octanol–water partition coefficient (Wildman–Crippen LogP) is 3.02. The molecule has 0 atom stereocenters. The van der Waals surface area contributed by atoms with Gasteiger partial charge in [-0.1, -0.05) is 0 Å². The Hall–Kier alpha value is -0.230. The molecule has 0 unspecified atom stereocenters. The fraction of sp³-hybridized carbons (Fsp3) is 0.667. The standard InChI is InChI=1S/C9H14Br2N4/c1-5(2)15(6(3)4)9-13-7(10)12-8(11)14-9/h5-6H,1-4H3. The molecule has 1 heterocycles. The highest BCUT2D eigenvalue weighted by Crippen LogP contribution is 2.18. The summed E-state index contributed by atoms with van der Waals surface area (Å²) in [6.45, 7) is 8.47. The largest absolute Gasteiger partial charge is 0.336 e. The lowest BCUT2D eigenvalue weighted by Gasteiger charge is -2.30. The molecule has 0 N–H and O–H groups in total. The number of hydrogen-bond donors (Lipinski definition) is 0. The molecule has 0 aromatic carbocycles. The molecule has 1 aromatic rings. The predicted molar refractivity (Wildman–Crippen MR) is 68.0 cm³/mol. The van der Waals surface area contributed by atoms with Crippen LogP contribution in [0, 0.1) is 0 Å². The minimum Gasteiger partial charge on any atom is -0.336 e. The van der Waals surface area contributed by atoms with E-state index in [1.54, 1.807) is 0 Å². The van der Waals surface area contributed by atoms with Crippen LogP contribution in [0.5, 0.6) is 0 Å². The van der Waals surface area contributed by atoms with E-state index in [1.807, 2.05) is 0 Å². The highest BCUT2D eigenvalue weighted by Gasteiger charge is 2.18. The summed E-state index contributed by atoms with van der Waals surface area (Å²) in [7, 11) is 0. The van der Waals surface area contributed by atoms with Gasteiger partial charge < -0.3 is 4.90 Å². The van der Waals surface area contributed by atoms with Crippen molar-refractivity contribution in [1.29, 1.82) is 0 Å². The SMILES string of the molecule is CC(C)N(c1nc(Br)nc(Br)n1)C(C)C. The quantitative estimate of drug-likeness (QED) is 0.850. The summed E-state index contributed by atoms with van der Waals surface area (Å²) >= 11 is 6.52. The van der Waals surface area contributed by atoms with Gasteiger partial charge in [0, 0.05) is 12.1 Å². The molecule has 0 saturated heterocycles. The van der Waals surface area contributed by atoms with Crippen LogP contribution in [0.2, 0.25) is 0 Å². The zero-order valence-corrected chi connectivity index (χ0v) is 12.4. The van der Waals surface area contributed by atoms with E-state index >= 15 is 0 Å². The molecule has 0 bridgehead atoms. The molecule has 0 saturated carbocycles. The molecule has 1 rings (SSSR count). The van der Waals surface area contributed by atoms with E-state index in [1.165, 1.54) is 0 Å². The van der Waals surface area contributed by atoms with E-state index in [0.29, 0.717) is 27.5 Å². The van der Waals surface area contributed by atoms with Gasteiger partial charge in [0.2, 0.25) is 15.4 Å². The van der Waals surface area contributed by atoms with Crippen LogP contribution in [0.4, 0.5) is 5.95 Å². The summed E-state index contributed by atoms with van der Waals surface area (Å²) in [4.78, 5) is 14.7. The topological polar surface area (TPSA) is 41.9 Å². The van der Waals surface area contributed by atoms with Gasteiger partial charge in [0.05, 0.1) is 0 Å². The van der Waals surface area contributed by atoms with Crippen molar-refractivity contribution >= 4 is 37.8 Å². The monoisotopic (exact) mass is 336 g/mol. The highest BCUT2D eigenvalue weighted by atomic mass is 79.9. The van der Waals surface area contributed by atoms with Crippen LogP contribution in [0.3, 0.4) is 0 Å². The van der Waals surface area contributed by atoms with Crippen molar-refractivity contribution in [1.82, 2.24) is 15.0 Å². The van der Waals surface area contributed by atoms with Crippen LogP contribution >= 0.6 is 31.9 Å². The Morgan fingerprint density at radius 2 is 1.27 bits per heavy atom. The molecular formula is C9H14Br2N4. The zero-order valence-electron chi connectivity index (χ0n) is 9.20. The summed E-state index contributed by atoms with van der Waals surface area (Å²) < 4.78 is 1.09. The first-order valence-corrected chi connectivity index (χ1v) is 6.36. The van der Waals surface area contributed by atoms with Gasteiger partial charge in [-0.15, -0.1) is 0 Å². The number of rotatable bonds is 3. The smallest absolute Gasteiger partial charge is 0.230 e. The second-order valence-corrected chi connectivity index (χ2v) is 5.19. The molecule has 1 aromatic heterocycles. The number of hydrogen-bond acceptors (Lipinski definition) is 4. The van der Waals surface area contributed by atoms with Crippen LogP contribution in [0.1, 0.15) is 27.7 Å². The van der Waals surface area contributed by atoms with Gasteiger partial charge in [-0.25, -0.2) is 0 Å². The molecule has 0 aliphatic rings. The zero-order chi connectivity index (χ0) is 11.6. The average Bonchev–Trinajstić information content (AvgIpc) is 1.99. The Kier molecular flexibility index (Phi) is 4.45. The summed E-state index contributed by atoms with van der Waals surface area (Å²) in [6.07, 6.45) is 0. The molecular weight excluding hydrogens is 324 g/mol. The van der Waals surface area contributed by atoms with Crippen molar-refractivity contribution in [3.63, 3.8) is 0 Å². The first-order valence-electron chi connectivity index (χ1n) is 4.77. The summed E-state index contributed by atoms with van der Waals surface area (Å²) in [5, 5.41) is 0. The minimum absolute atomic E-state index is 0.353. The molecule has 4 nitrogen and oxygen atoms in total. The maximum Gasteiger partial charge on any atom is 0.230 e. The molecule has 6 heteroatoms. The lowest BCUT2D eigenvalue weighted by atomic mass is 10.2. The van der Waals surface area contributed by atoms with Crippen LogP contribution in [0.25, 0.3) is 0 Å². The van der Waals surface area contributed by atoms with Crippen LogP contribution in [-0.4, -0.2) is 27.0 Å². The van der Waals surface area contributed by atoms with E-state index in [2.05, 4.69) is 79.4 Å². The summed E-state index contributed by atoms with van der Waals surface area (Å²) in [6, 6.07) is 0.706. The summed E-state index contributed by atoms with van der Waals surface area (Å²) in [5.41, 5.74) is 0. The average molecular weight is 338 g/mol. The second-order valence-electron chi connectivity index (χ2n) is 3.77. The molecule has 0 spiro atoms.